The first-order valence-electron chi connectivity index (χ1n) is 5.80. The van der Waals surface area contributed by atoms with Crippen molar-refractivity contribution in [2.45, 2.75) is 18.4 Å². The summed E-state index contributed by atoms with van der Waals surface area (Å²) in [4.78, 5) is 0.0956. The lowest BCUT2D eigenvalue weighted by Crippen LogP contribution is -2.23. The third-order valence-electron chi connectivity index (χ3n) is 3.00. The molecule has 0 saturated carbocycles. The van der Waals surface area contributed by atoms with Crippen molar-refractivity contribution in [1.29, 1.82) is 0 Å². The van der Waals surface area contributed by atoms with E-state index in [1.807, 2.05) is 0 Å². The molecule has 0 aliphatic heterocycles. The van der Waals surface area contributed by atoms with Gasteiger partial charge in [0.15, 0.2) is 0 Å². The van der Waals surface area contributed by atoms with E-state index < -0.39 is 10.0 Å². The Morgan fingerprint density at radius 3 is 2.60 bits per heavy atom. The number of phenolic OH excluding ortho intramolecular Hbond substituents is 2. The number of aromatic nitrogens is 2. The van der Waals surface area contributed by atoms with Gasteiger partial charge < -0.3 is 10.2 Å². The highest BCUT2D eigenvalue weighted by molar-refractivity contribution is 7.89. The number of rotatable bonds is 4. The van der Waals surface area contributed by atoms with Crippen molar-refractivity contribution in [2.75, 3.05) is 0 Å². The molecule has 20 heavy (non-hydrogen) atoms. The fraction of sp³-hybridized carbons (Fsp3) is 0.250. The van der Waals surface area contributed by atoms with E-state index in [1.165, 1.54) is 23.0 Å². The molecule has 2 aromatic rings. The topological polar surface area (TPSA) is 104 Å². The van der Waals surface area contributed by atoms with Gasteiger partial charge in [0.05, 0.1) is 11.9 Å². The van der Waals surface area contributed by atoms with Gasteiger partial charge in [0.1, 0.15) is 16.4 Å². The van der Waals surface area contributed by atoms with Crippen molar-refractivity contribution in [3.05, 3.63) is 35.7 Å². The van der Waals surface area contributed by atoms with E-state index in [4.69, 9.17) is 0 Å². The summed E-state index contributed by atoms with van der Waals surface area (Å²) in [5.41, 5.74) is 0.889. The second-order valence-corrected chi connectivity index (χ2v) is 6.09. The van der Waals surface area contributed by atoms with Crippen LogP contribution in [0.5, 0.6) is 11.5 Å². The SMILES string of the molecule is Cc1c(S(=O)(=O)NCc2ccc(O)cc2O)cnn1C. The second kappa shape index (κ2) is 5.14. The molecule has 1 aromatic heterocycles. The van der Waals surface area contributed by atoms with Crippen LogP contribution >= 0.6 is 0 Å². The molecular weight excluding hydrogens is 282 g/mol. The lowest BCUT2D eigenvalue weighted by atomic mass is 10.2. The lowest BCUT2D eigenvalue weighted by Gasteiger charge is -2.08. The van der Waals surface area contributed by atoms with E-state index in [2.05, 4.69) is 9.82 Å². The maximum Gasteiger partial charge on any atom is 0.244 e. The van der Waals surface area contributed by atoms with Crippen LogP contribution in [0, 0.1) is 6.92 Å². The third-order valence-corrected chi connectivity index (χ3v) is 4.51. The summed E-state index contributed by atoms with van der Waals surface area (Å²) in [6.45, 7) is 1.57. The van der Waals surface area contributed by atoms with Crippen LogP contribution in [0.2, 0.25) is 0 Å². The van der Waals surface area contributed by atoms with Crippen molar-refractivity contribution in [3.8, 4) is 11.5 Å². The van der Waals surface area contributed by atoms with Crippen LogP contribution in [0.25, 0.3) is 0 Å². The average molecular weight is 297 g/mol. The first-order chi connectivity index (χ1) is 9.31. The standard InChI is InChI=1S/C12H15N3O4S/c1-8-12(7-13-15(8)2)20(18,19)14-6-9-3-4-10(16)5-11(9)17/h3-5,7,14,16-17H,6H2,1-2H3. The highest BCUT2D eigenvalue weighted by atomic mass is 32.2. The van der Waals surface area contributed by atoms with Gasteiger partial charge in [-0.2, -0.15) is 5.10 Å². The number of benzene rings is 1. The molecule has 0 fully saturated rings. The highest BCUT2D eigenvalue weighted by Gasteiger charge is 2.20. The van der Waals surface area contributed by atoms with Gasteiger partial charge in [-0.3, -0.25) is 4.68 Å². The van der Waals surface area contributed by atoms with E-state index in [-0.39, 0.29) is 22.9 Å². The molecule has 0 aliphatic rings. The molecule has 0 bridgehead atoms. The molecule has 1 aromatic carbocycles. The Labute approximate surface area is 116 Å². The van der Waals surface area contributed by atoms with Crippen LogP contribution in [0.3, 0.4) is 0 Å². The summed E-state index contributed by atoms with van der Waals surface area (Å²) >= 11 is 0. The molecule has 2 rings (SSSR count). The highest BCUT2D eigenvalue weighted by Crippen LogP contribution is 2.23. The fourth-order valence-electron chi connectivity index (χ4n) is 1.69. The molecule has 0 amide bonds. The van der Waals surface area contributed by atoms with Gasteiger partial charge in [-0.15, -0.1) is 0 Å². The molecule has 0 aliphatic carbocycles. The monoisotopic (exact) mass is 297 g/mol. The summed E-state index contributed by atoms with van der Waals surface area (Å²) in [5, 5.41) is 22.7. The summed E-state index contributed by atoms with van der Waals surface area (Å²) < 4.78 is 28.1. The van der Waals surface area contributed by atoms with Crippen molar-refractivity contribution >= 4 is 10.0 Å². The second-order valence-electron chi connectivity index (χ2n) is 4.36. The minimum Gasteiger partial charge on any atom is -0.508 e. The van der Waals surface area contributed by atoms with Crippen molar-refractivity contribution in [1.82, 2.24) is 14.5 Å². The Balaban J connectivity index is 2.19. The Morgan fingerprint density at radius 2 is 2.05 bits per heavy atom. The van der Waals surface area contributed by atoms with Gasteiger partial charge in [-0.25, -0.2) is 13.1 Å². The predicted molar refractivity (Wildman–Crippen MR) is 71.7 cm³/mol. The first kappa shape index (κ1) is 14.4. The molecule has 7 nitrogen and oxygen atoms in total. The molecule has 0 unspecified atom stereocenters. The molecular formula is C12H15N3O4S. The molecule has 0 saturated heterocycles. The number of phenols is 2. The van der Waals surface area contributed by atoms with Crippen LogP contribution in [-0.4, -0.2) is 28.4 Å². The third kappa shape index (κ3) is 2.75. The smallest absolute Gasteiger partial charge is 0.244 e. The lowest BCUT2D eigenvalue weighted by molar-refractivity contribution is 0.445. The molecule has 0 atom stereocenters. The van der Waals surface area contributed by atoms with E-state index in [0.29, 0.717) is 11.3 Å². The van der Waals surface area contributed by atoms with Crippen LogP contribution < -0.4 is 4.72 Å². The number of nitrogens with zero attached hydrogens (tertiary/aromatic N) is 2. The Morgan fingerprint density at radius 1 is 1.35 bits per heavy atom. The quantitative estimate of drug-likeness (QED) is 0.767. The maximum absolute atomic E-state index is 12.1. The zero-order valence-electron chi connectivity index (χ0n) is 11.0. The van der Waals surface area contributed by atoms with Crippen LogP contribution in [0.4, 0.5) is 0 Å². The molecule has 0 spiro atoms. The van der Waals surface area contributed by atoms with E-state index in [1.54, 1.807) is 14.0 Å². The zero-order chi connectivity index (χ0) is 14.9. The zero-order valence-corrected chi connectivity index (χ0v) is 11.8. The average Bonchev–Trinajstić information content (AvgIpc) is 2.69. The predicted octanol–water partition coefficient (Wildman–Crippen LogP) is 0.618. The van der Waals surface area contributed by atoms with Gasteiger partial charge >= 0.3 is 0 Å². The number of hydrogen-bond acceptors (Lipinski definition) is 5. The van der Waals surface area contributed by atoms with E-state index in [0.717, 1.165) is 6.07 Å². The summed E-state index contributed by atoms with van der Waals surface area (Å²) in [7, 11) is -2.05. The number of aryl methyl sites for hydroxylation is 1. The molecule has 1 heterocycles. The molecule has 3 N–H and O–H groups in total. The van der Waals surface area contributed by atoms with Crippen molar-refractivity contribution < 1.29 is 18.6 Å². The minimum atomic E-state index is -3.70. The largest absolute Gasteiger partial charge is 0.508 e. The van der Waals surface area contributed by atoms with E-state index >= 15 is 0 Å². The number of nitrogens with one attached hydrogen (secondary N) is 1. The molecule has 8 heteroatoms. The van der Waals surface area contributed by atoms with Crippen LogP contribution in [0.15, 0.2) is 29.3 Å². The summed E-state index contributed by atoms with van der Waals surface area (Å²) in [6, 6.07) is 3.97. The maximum atomic E-state index is 12.1. The van der Waals surface area contributed by atoms with E-state index in [9.17, 15) is 18.6 Å². The van der Waals surface area contributed by atoms with Crippen LogP contribution in [-0.2, 0) is 23.6 Å². The Kier molecular flexibility index (Phi) is 3.69. The number of sulfonamides is 1. The first-order valence-corrected chi connectivity index (χ1v) is 7.28. The normalized spacial score (nSPS) is 11.7. The fourth-order valence-corrected chi connectivity index (χ4v) is 2.90. The Bertz CT molecular complexity index is 737. The minimum absolute atomic E-state index is 0.0806. The summed E-state index contributed by atoms with van der Waals surface area (Å²) in [5.74, 6) is -0.257. The number of aromatic hydroxyl groups is 2. The number of hydrogen-bond donors (Lipinski definition) is 3. The van der Waals surface area contributed by atoms with Crippen LogP contribution in [0.1, 0.15) is 11.3 Å². The Hall–Kier alpha value is -2.06. The van der Waals surface area contributed by atoms with Gasteiger partial charge in [0.2, 0.25) is 10.0 Å². The molecule has 108 valence electrons. The van der Waals surface area contributed by atoms with Gasteiger partial charge in [-0.1, -0.05) is 6.07 Å². The van der Waals surface area contributed by atoms with Gasteiger partial charge in [-0.05, 0) is 13.0 Å². The van der Waals surface area contributed by atoms with Crippen molar-refractivity contribution in [2.24, 2.45) is 7.05 Å². The molecule has 0 radical (unpaired) electrons. The summed E-state index contributed by atoms with van der Waals surface area (Å²) in [6.07, 6.45) is 1.27. The van der Waals surface area contributed by atoms with Gasteiger partial charge in [0, 0.05) is 25.2 Å². The van der Waals surface area contributed by atoms with Crippen molar-refractivity contribution in [3.63, 3.8) is 0 Å². The van der Waals surface area contributed by atoms with Gasteiger partial charge in [0.25, 0.3) is 0 Å².